The molecule has 10 heavy (non-hydrogen) atoms. The molecule has 0 aliphatic rings. The third-order valence-corrected chi connectivity index (χ3v) is 0.201. The van der Waals surface area contributed by atoms with E-state index in [1.807, 2.05) is 20.8 Å². The summed E-state index contributed by atoms with van der Waals surface area (Å²) in [4.78, 5) is 9.47. The summed E-state index contributed by atoms with van der Waals surface area (Å²) in [7, 11) is 0. The van der Waals surface area contributed by atoms with Crippen LogP contribution in [0.1, 0.15) is 20.8 Å². The number of hydrogen-bond acceptors (Lipinski definition) is 2. The van der Waals surface area contributed by atoms with Crippen LogP contribution in [0.25, 0.3) is 0 Å². The largest absolute Gasteiger partial charge is 0.366 e. The van der Waals surface area contributed by atoms with Crippen LogP contribution in [0.4, 0.5) is 0 Å². The molecule has 1 amide bonds. The summed E-state index contributed by atoms with van der Waals surface area (Å²) in [5.74, 6) is -0.481. The van der Waals surface area contributed by atoms with Crippen molar-refractivity contribution in [1.82, 2.24) is 0 Å². The maximum atomic E-state index is 9.47. The number of nitrogens with two attached hydrogens (primary N) is 2. The van der Waals surface area contributed by atoms with Crippen LogP contribution in [0.15, 0.2) is 12.7 Å². The van der Waals surface area contributed by atoms with Gasteiger partial charge in [0.25, 0.3) is 0 Å². The van der Waals surface area contributed by atoms with Gasteiger partial charge in [0.05, 0.1) is 0 Å². The fraction of sp³-hybridized carbons (Fsp3) is 0.571. The molecule has 0 spiro atoms. The van der Waals surface area contributed by atoms with Gasteiger partial charge in [-0.1, -0.05) is 6.58 Å². The highest BCUT2D eigenvalue weighted by molar-refractivity contribution is 5.84. The molecule has 60 valence electrons. The Kier molecular flexibility index (Phi) is 5.95. The molecule has 0 aliphatic carbocycles. The van der Waals surface area contributed by atoms with Gasteiger partial charge in [0.15, 0.2) is 0 Å². The molecule has 0 fully saturated rings. The molecule has 0 aromatic rings. The highest BCUT2D eigenvalue weighted by atomic mass is 16.1. The summed E-state index contributed by atoms with van der Waals surface area (Å²) in [6.07, 6.45) is 1.06. The second-order valence-electron chi connectivity index (χ2n) is 2.97. The van der Waals surface area contributed by atoms with E-state index in [2.05, 4.69) is 12.3 Å². The standard InChI is InChI=1S/C4H11N.C3H5NO/c1-4(2,3)5;1-2-3(4)5/h5H2,1-3H3;2H,1H2,(H2,4,5). The molecule has 0 aromatic heterocycles. The van der Waals surface area contributed by atoms with Crippen molar-refractivity contribution in [3.05, 3.63) is 12.7 Å². The Bertz CT molecular complexity index is 107. The molecule has 0 aromatic carbocycles. The van der Waals surface area contributed by atoms with Crippen molar-refractivity contribution in [3.8, 4) is 0 Å². The second-order valence-corrected chi connectivity index (χ2v) is 2.97. The summed E-state index contributed by atoms with van der Waals surface area (Å²) >= 11 is 0. The monoisotopic (exact) mass is 144 g/mol. The van der Waals surface area contributed by atoms with E-state index in [0.717, 1.165) is 6.08 Å². The summed E-state index contributed by atoms with van der Waals surface area (Å²) in [5.41, 5.74) is 9.89. The van der Waals surface area contributed by atoms with Crippen LogP contribution in [-0.4, -0.2) is 11.4 Å². The van der Waals surface area contributed by atoms with Gasteiger partial charge < -0.3 is 11.5 Å². The zero-order chi connectivity index (χ0) is 8.78. The molecule has 0 bridgehead atoms. The first kappa shape index (κ1) is 11.9. The van der Waals surface area contributed by atoms with Gasteiger partial charge in [-0.15, -0.1) is 0 Å². The van der Waals surface area contributed by atoms with Crippen molar-refractivity contribution in [2.45, 2.75) is 26.3 Å². The van der Waals surface area contributed by atoms with Gasteiger partial charge in [-0.05, 0) is 26.8 Å². The Balaban J connectivity index is 0. The molecule has 0 atom stereocenters. The van der Waals surface area contributed by atoms with Crippen molar-refractivity contribution < 1.29 is 4.79 Å². The van der Waals surface area contributed by atoms with Gasteiger partial charge in [-0.3, -0.25) is 4.79 Å². The van der Waals surface area contributed by atoms with Gasteiger partial charge in [0.1, 0.15) is 0 Å². The number of carbonyl (C=O) groups is 1. The SMILES string of the molecule is C=CC(N)=O.CC(C)(C)N. The van der Waals surface area contributed by atoms with E-state index < -0.39 is 5.91 Å². The van der Waals surface area contributed by atoms with Gasteiger partial charge in [-0.25, -0.2) is 0 Å². The molecule has 0 aliphatic heterocycles. The zero-order valence-electron chi connectivity index (χ0n) is 6.85. The number of primary amides is 1. The van der Waals surface area contributed by atoms with E-state index in [9.17, 15) is 4.79 Å². The van der Waals surface area contributed by atoms with E-state index in [0.29, 0.717) is 0 Å². The van der Waals surface area contributed by atoms with Crippen LogP contribution < -0.4 is 11.5 Å². The van der Waals surface area contributed by atoms with Crippen LogP contribution >= 0.6 is 0 Å². The predicted molar refractivity (Wildman–Crippen MR) is 43.3 cm³/mol. The average molecular weight is 144 g/mol. The van der Waals surface area contributed by atoms with Gasteiger partial charge in [0, 0.05) is 5.54 Å². The minimum absolute atomic E-state index is 0. The van der Waals surface area contributed by atoms with Gasteiger partial charge in [0.2, 0.25) is 5.91 Å². The summed E-state index contributed by atoms with van der Waals surface area (Å²) < 4.78 is 0. The molecule has 0 rings (SSSR count). The fourth-order valence-corrected chi connectivity index (χ4v) is 0. The Hall–Kier alpha value is -0.830. The second kappa shape index (κ2) is 4.99. The van der Waals surface area contributed by atoms with E-state index >= 15 is 0 Å². The topological polar surface area (TPSA) is 69.1 Å². The maximum Gasteiger partial charge on any atom is 0.240 e. The average Bonchev–Trinajstić information content (AvgIpc) is 1.61. The third kappa shape index (κ3) is 199. The van der Waals surface area contributed by atoms with Crippen LogP contribution in [0.3, 0.4) is 0 Å². The van der Waals surface area contributed by atoms with E-state index in [1.54, 1.807) is 0 Å². The fourth-order valence-electron chi connectivity index (χ4n) is 0. The Morgan fingerprint density at radius 1 is 1.50 bits per heavy atom. The van der Waals surface area contributed by atoms with Crippen LogP contribution in [0.5, 0.6) is 0 Å². The predicted octanol–water partition coefficient (Wildman–Crippen LogP) is 0.401. The van der Waals surface area contributed by atoms with Gasteiger partial charge >= 0.3 is 0 Å². The first-order valence-corrected chi connectivity index (χ1v) is 2.98. The Morgan fingerprint density at radius 3 is 1.60 bits per heavy atom. The summed E-state index contributed by atoms with van der Waals surface area (Å²) in [5, 5.41) is 0. The molecular formula is C7H16N2O. The number of carbonyl (C=O) groups excluding carboxylic acids is 1. The molecule has 3 heteroatoms. The highest BCUT2D eigenvalue weighted by Crippen LogP contribution is 1.88. The number of rotatable bonds is 1. The zero-order valence-corrected chi connectivity index (χ0v) is 6.85. The lowest BCUT2D eigenvalue weighted by atomic mass is 10.1. The quantitative estimate of drug-likeness (QED) is 0.523. The molecule has 0 radical (unpaired) electrons. The number of amides is 1. The van der Waals surface area contributed by atoms with Crippen molar-refractivity contribution in [2.75, 3.05) is 0 Å². The van der Waals surface area contributed by atoms with Crippen molar-refractivity contribution in [2.24, 2.45) is 11.5 Å². The first-order chi connectivity index (χ1) is 4.27. The van der Waals surface area contributed by atoms with Crippen molar-refractivity contribution >= 4 is 5.91 Å². The third-order valence-electron chi connectivity index (χ3n) is 0.201. The van der Waals surface area contributed by atoms with Crippen LogP contribution in [-0.2, 0) is 4.79 Å². The lowest BCUT2D eigenvalue weighted by Gasteiger charge is -2.06. The lowest BCUT2D eigenvalue weighted by molar-refractivity contribution is -0.113. The van der Waals surface area contributed by atoms with Gasteiger partial charge in [-0.2, -0.15) is 0 Å². The van der Waals surface area contributed by atoms with Crippen molar-refractivity contribution in [3.63, 3.8) is 0 Å². The molecular weight excluding hydrogens is 128 g/mol. The van der Waals surface area contributed by atoms with Crippen molar-refractivity contribution in [1.29, 1.82) is 0 Å². The van der Waals surface area contributed by atoms with E-state index in [-0.39, 0.29) is 5.54 Å². The first-order valence-electron chi connectivity index (χ1n) is 2.98. The molecule has 0 unspecified atom stereocenters. The Labute approximate surface area is 62.1 Å². The minimum Gasteiger partial charge on any atom is -0.366 e. The molecule has 0 saturated heterocycles. The smallest absolute Gasteiger partial charge is 0.240 e. The van der Waals surface area contributed by atoms with E-state index in [4.69, 9.17) is 5.73 Å². The maximum absolute atomic E-state index is 9.47. The lowest BCUT2D eigenvalue weighted by Crippen LogP contribution is -2.26. The highest BCUT2D eigenvalue weighted by Gasteiger charge is 1.95. The normalized spacial score (nSPS) is 9.20. The molecule has 0 heterocycles. The van der Waals surface area contributed by atoms with Crippen LogP contribution in [0, 0.1) is 0 Å². The number of hydrogen-bond donors (Lipinski definition) is 2. The molecule has 4 N–H and O–H groups in total. The van der Waals surface area contributed by atoms with E-state index in [1.165, 1.54) is 0 Å². The minimum atomic E-state index is -0.481. The van der Waals surface area contributed by atoms with Crippen LogP contribution in [0.2, 0.25) is 0 Å². The Morgan fingerprint density at radius 2 is 1.60 bits per heavy atom. The summed E-state index contributed by atoms with van der Waals surface area (Å²) in [6.45, 7) is 8.98. The molecule has 0 saturated carbocycles. The molecule has 3 nitrogen and oxygen atoms in total. The summed E-state index contributed by atoms with van der Waals surface area (Å²) in [6, 6.07) is 0.